The lowest BCUT2D eigenvalue weighted by molar-refractivity contribution is -0.140. The third kappa shape index (κ3) is 9.25. The fourth-order valence-electron chi connectivity index (χ4n) is 4.38. The van der Waals surface area contributed by atoms with E-state index in [4.69, 9.17) is 4.74 Å². The zero-order valence-electron chi connectivity index (χ0n) is 22.9. The molecule has 10 heteroatoms. The van der Waals surface area contributed by atoms with Crippen LogP contribution in [0.15, 0.2) is 48.5 Å². The number of benzene rings is 2. The molecule has 0 aliphatic carbocycles. The van der Waals surface area contributed by atoms with Gasteiger partial charge in [-0.1, -0.05) is 30.3 Å². The number of aryl methyl sites for hydroxylation is 1. The standard InChI is InChI=1S/C29H39FN4O4S/c1-20-27(35)33-25(19-21-10-12-23(30)13-11-21)28(36)32-15-6-8-22-7-4-5-9-26(22)38-17-16-31-24(14-18-39-3)29(37)34(20)2/h4-5,7,9-13,20,24-25,31H,6,8,14-19H2,1-3H3,(H,32,36)(H,33,35)/t20-,24+,25-/m1/s1. The molecule has 1 heterocycles. The van der Waals surface area contributed by atoms with Gasteiger partial charge in [-0.05, 0) is 67.5 Å². The van der Waals surface area contributed by atoms with Crippen LogP contribution in [0.5, 0.6) is 5.75 Å². The van der Waals surface area contributed by atoms with Crippen molar-refractivity contribution in [1.82, 2.24) is 20.9 Å². The smallest absolute Gasteiger partial charge is 0.243 e. The van der Waals surface area contributed by atoms with E-state index in [-0.39, 0.29) is 24.1 Å². The van der Waals surface area contributed by atoms with E-state index in [0.717, 1.165) is 17.1 Å². The van der Waals surface area contributed by atoms with Crippen molar-refractivity contribution in [1.29, 1.82) is 0 Å². The van der Waals surface area contributed by atoms with Crippen LogP contribution in [0.2, 0.25) is 0 Å². The van der Waals surface area contributed by atoms with E-state index in [0.29, 0.717) is 44.5 Å². The molecule has 3 N–H and O–H groups in total. The molecule has 1 aliphatic heterocycles. The van der Waals surface area contributed by atoms with Crippen LogP contribution < -0.4 is 20.7 Å². The monoisotopic (exact) mass is 558 g/mol. The molecule has 0 saturated heterocycles. The summed E-state index contributed by atoms with van der Waals surface area (Å²) in [5, 5.41) is 9.05. The van der Waals surface area contributed by atoms with Crippen LogP contribution in [0.1, 0.15) is 30.9 Å². The first kappa shape index (κ1) is 30.4. The lowest BCUT2D eigenvalue weighted by Gasteiger charge is -2.30. The first-order valence-corrected chi connectivity index (χ1v) is 14.7. The van der Waals surface area contributed by atoms with Crippen LogP contribution in [0.4, 0.5) is 4.39 Å². The van der Waals surface area contributed by atoms with E-state index in [1.807, 2.05) is 30.5 Å². The lowest BCUT2D eigenvalue weighted by atomic mass is 10.0. The van der Waals surface area contributed by atoms with Crippen molar-refractivity contribution in [3.05, 3.63) is 65.5 Å². The number of likely N-dealkylation sites (N-methyl/N-ethyl adjacent to an activating group) is 1. The van der Waals surface area contributed by atoms with E-state index in [2.05, 4.69) is 16.0 Å². The molecular weight excluding hydrogens is 519 g/mol. The van der Waals surface area contributed by atoms with Crippen LogP contribution in [0.3, 0.4) is 0 Å². The van der Waals surface area contributed by atoms with Crippen LogP contribution in [-0.2, 0) is 27.2 Å². The number of fused-ring (bicyclic) bond motifs is 1. The highest BCUT2D eigenvalue weighted by Gasteiger charge is 2.30. The molecular formula is C29H39FN4O4S. The van der Waals surface area contributed by atoms with Crippen LogP contribution in [0, 0.1) is 5.82 Å². The fraction of sp³-hybridized carbons (Fsp3) is 0.483. The Morgan fingerprint density at radius 3 is 2.51 bits per heavy atom. The summed E-state index contributed by atoms with van der Waals surface area (Å²) in [6.07, 6.45) is 4.17. The topological polar surface area (TPSA) is 99.8 Å². The number of ether oxygens (including phenoxy) is 1. The van der Waals surface area contributed by atoms with Crippen molar-refractivity contribution in [2.24, 2.45) is 0 Å². The van der Waals surface area contributed by atoms with Crippen molar-refractivity contribution in [2.45, 2.75) is 50.7 Å². The molecule has 1 aliphatic rings. The van der Waals surface area contributed by atoms with Gasteiger partial charge in [0.2, 0.25) is 17.7 Å². The second-order valence-electron chi connectivity index (χ2n) is 9.66. The minimum atomic E-state index is -0.881. The van der Waals surface area contributed by atoms with E-state index < -0.39 is 24.0 Å². The largest absolute Gasteiger partial charge is 0.492 e. The molecule has 0 aromatic heterocycles. The molecule has 212 valence electrons. The van der Waals surface area contributed by atoms with E-state index in [1.165, 1.54) is 17.0 Å². The van der Waals surface area contributed by atoms with E-state index >= 15 is 0 Å². The van der Waals surface area contributed by atoms with Crippen LogP contribution >= 0.6 is 11.8 Å². The number of carbonyl (C=O) groups excluding carboxylic acids is 3. The maximum Gasteiger partial charge on any atom is 0.243 e. The Hall–Kier alpha value is -3.11. The van der Waals surface area contributed by atoms with Crippen molar-refractivity contribution in [3.63, 3.8) is 0 Å². The number of para-hydroxylation sites is 1. The average Bonchev–Trinajstić information content (AvgIpc) is 2.94. The quantitative estimate of drug-likeness (QED) is 0.522. The summed E-state index contributed by atoms with van der Waals surface area (Å²) in [5.41, 5.74) is 1.75. The van der Waals surface area contributed by atoms with Gasteiger partial charge < -0.3 is 25.6 Å². The average molecular weight is 559 g/mol. The third-order valence-corrected chi connectivity index (χ3v) is 7.49. The Bertz CT molecular complexity index is 1100. The van der Waals surface area contributed by atoms with Gasteiger partial charge in [-0.15, -0.1) is 0 Å². The van der Waals surface area contributed by atoms with Gasteiger partial charge in [0, 0.05) is 26.6 Å². The lowest BCUT2D eigenvalue weighted by Crippen LogP contribution is -2.56. The van der Waals surface area contributed by atoms with Gasteiger partial charge in [0.1, 0.15) is 30.3 Å². The predicted molar refractivity (Wildman–Crippen MR) is 152 cm³/mol. The summed E-state index contributed by atoms with van der Waals surface area (Å²) < 4.78 is 19.5. The Morgan fingerprint density at radius 2 is 1.77 bits per heavy atom. The molecule has 39 heavy (non-hydrogen) atoms. The maximum absolute atomic E-state index is 13.4. The molecule has 3 rings (SSSR count). The third-order valence-electron chi connectivity index (χ3n) is 6.85. The zero-order valence-corrected chi connectivity index (χ0v) is 23.7. The van der Waals surface area contributed by atoms with Crippen LogP contribution in [0.25, 0.3) is 0 Å². The maximum atomic E-state index is 13.4. The molecule has 0 saturated carbocycles. The fourth-order valence-corrected chi connectivity index (χ4v) is 4.85. The Kier molecular flexibility index (Phi) is 12.1. The zero-order chi connectivity index (χ0) is 28.2. The van der Waals surface area contributed by atoms with Crippen molar-refractivity contribution in [3.8, 4) is 5.75 Å². The molecule has 2 aromatic carbocycles. The summed E-state index contributed by atoms with van der Waals surface area (Å²) in [4.78, 5) is 41.2. The van der Waals surface area contributed by atoms with Crippen LogP contribution in [-0.4, -0.2) is 79.5 Å². The van der Waals surface area contributed by atoms with Gasteiger partial charge in [-0.3, -0.25) is 14.4 Å². The summed E-state index contributed by atoms with van der Waals surface area (Å²) in [7, 11) is 1.60. The highest BCUT2D eigenvalue weighted by Crippen LogP contribution is 2.19. The SMILES string of the molecule is CSCC[C@@H]1NCCOc2ccccc2CCCNC(=O)[C@@H](Cc2ccc(F)cc2)NC(=O)[C@@H](C)N(C)C1=O. The van der Waals surface area contributed by atoms with Gasteiger partial charge >= 0.3 is 0 Å². The van der Waals surface area contributed by atoms with Crippen molar-refractivity contribution >= 4 is 29.5 Å². The summed E-state index contributed by atoms with van der Waals surface area (Å²) >= 11 is 1.65. The van der Waals surface area contributed by atoms with Gasteiger partial charge in [0.15, 0.2) is 0 Å². The molecule has 0 bridgehead atoms. The summed E-state index contributed by atoms with van der Waals surface area (Å²) in [6.45, 7) is 2.92. The molecule has 0 fully saturated rings. The number of amides is 3. The van der Waals surface area contributed by atoms with Gasteiger partial charge in [0.05, 0.1) is 6.04 Å². The molecule has 0 unspecified atom stereocenters. The number of carbonyl (C=O) groups is 3. The van der Waals surface area contributed by atoms with Crippen molar-refractivity contribution in [2.75, 3.05) is 38.8 Å². The first-order valence-electron chi connectivity index (χ1n) is 13.3. The number of thioether (sulfide) groups is 1. The van der Waals surface area contributed by atoms with Crippen molar-refractivity contribution < 1.29 is 23.5 Å². The molecule has 0 radical (unpaired) electrons. The number of hydrogen-bond acceptors (Lipinski definition) is 6. The minimum Gasteiger partial charge on any atom is -0.492 e. The number of rotatable bonds is 5. The van der Waals surface area contributed by atoms with E-state index in [9.17, 15) is 18.8 Å². The molecule has 2 aromatic rings. The molecule has 3 atom stereocenters. The first-order chi connectivity index (χ1) is 18.8. The molecule has 8 nitrogen and oxygen atoms in total. The Balaban J connectivity index is 1.83. The highest BCUT2D eigenvalue weighted by atomic mass is 32.2. The minimum absolute atomic E-state index is 0.191. The highest BCUT2D eigenvalue weighted by molar-refractivity contribution is 7.98. The van der Waals surface area contributed by atoms with E-state index in [1.54, 1.807) is 37.9 Å². The van der Waals surface area contributed by atoms with Gasteiger partial charge in [0.25, 0.3) is 0 Å². The predicted octanol–water partition coefficient (Wildman–Crippen LogP) is 2.55. The van der Waals surface area contributed by atoms with Gasteiger partial charge in [-0.2, -0.15) is 11.8 Å². The second-order valence-corrected chi connectivity index (χ2v) is 10.6. The number of nitrogens with one attached hydrogen (secondary N) is 3. The Morgan fingerprint density at radius 1 is 1.03 bits per heavy atom. The number of nitrogens with zero attached hydrogens (tertiary/aromatic N) is 1. The second kappa shape index (κ2) is 15.5. The number of hydrogen-bond donors (Lipinski definition) is 3. The molecule has 3 amide bonds. The summed E-state index contributed by atoms with van der Waals surface area (Å²) in [6, 6.07) is 11.5. The number of halogens is 1. The molecule has 0 spiro atoms. The van der Waals surface area contributed by atoms with Gasteiger partial charge in [-0.25, -0.2) is 4.39 Å². The Labute approximate surface area is 234 Å². The normalized spacial score (nSPS) is 22.1. The summed E-state index contributed by atoms with van der Waals surface area (Å²) in [5.74, 6) is 0.217.